The van der Waals surface area contributed by atoms with E-state index in [-0.39, 0.29) is 11.4 Å². The molecule has 0 aliphatic rings. The van der Waals surface area contributed by atoms with Crippen molar-refractivity contribution in [3.63, 3.8) is 0 Å². The van der Waals surface area contributed by atoms with Gasteiger partial charge in [-0.2, -0.15) is 0 Å². The van der Waals surface area contributed by atoms with Crippen molar-refractivity contribution in [1.29, 1.82) is 0 Å². The van der Waals surface area contributed by atoms with E-state index in [1.807, 2.05) is 0 Å². The summed E-state index contributed by atoms with van der Waals surface area (Å²) in [6, 6.07) is 2.32. The highest BCUT2D eigenvalue weighted by Crippen LogP contribution is 2.36. The Bertz CT molecular complexity index is 362. The fraction of sp³-hybridized carbons (Fsp3) is 0. The third-order valence-corrected chi connectivity index (χ3v) is 1.51. The largest absolute Gasteiger partial charge is 0.504 e. The lowest BCUT2D eigenvalue weighted by molar-refractivity contribution is 0.318. The lowest BCUT2D eigenvalue weighted by atomic mass is 10.1. The molecule has 6 heteroatoms. The normalized spacial score (nSPS) is 11.5. The third-order valence-electron chi connectivity index (χ3n) is 1.51. The smallest absolute Gasteiger partial charge is 0.201 e. The van der Waals surface area contributed by atoms with Crippen LogP contribution in [-0.4, -0.2) is 26.4 Å². The Kier molecular flexibility index (Phi) is 2.14. The average molecular weight is 184 g/mol. The van der Waals surface area contributed by atoms with Crippen LogP contribution in [0.2, 0.25) is 0 Å². The van der Waals surface area contributed by atoms with Gasteiger partial charge in [-0.05, 0) is 12.1 Å². The minimum atomic E-state index is -0.705. The van der Waals surface area contributed by atoms with Crippen molar-refractivity contribution in [3.8, 4) is 17.2 Å². The lowest BCUT2D eigenvalue weighted by Crippen LogP contribution is -2.13. The number of aromatic hydroxyl groups is 3. The van der Waals surface area contributed by atoms with Gasteiger partial charge in [0.2, 0.25) is 5.75 Å². The van der Waals surface area contributed by atoms with E-state index < -0.39 is 17.2 Å². The number of hydrogen-bond donors (Lipinski definition) is 5. The predicted octanol–water partition coefficient (Wildman–Crippen LogP) is -0.102. The Morgan fingerprint density at radius 1 is 1.15 bits per heavy atom. The summed E-state index contributed by atoms with van der Waals surface area (Å²) in [6.45, 7) is 0. The average Bonchev–Trinajstić information content (AvgIpc) is 2.13. The van der Waals surface area contributed by atoms with Crippen LogP contribution in [-0.2, 0) is 0 Å². The Labute approximate surface area is 73.2 Å². The van der Waals surface area contributed by atoms with Gasteiger partial charge in [0.1, 0.15) is 0 Å². The summed E-state index contributed by atoms with van der Waals surface area (Å²) in [4.78, 5) is 0. The van der Waals surface area contributed by atoms with E-state index in [1.165, 1.54) is 6.07 Å². The summed E-state index contributed by atoms with van der Waals surface area (Å²) in [6.07, 6.45) is 0. The SMILES string of the molecule is N/C(=N\O)c1ccc(O)c(O)c1O. The molecule has 0 aromatic heterocycles. The third kappa shape index (κ3) is 1.41. The van der Waals surface area contributed by atoms with Crippen LogP contribution in [0.3, 0.4) is 0 Å². The van der Waals surface area contributed by atoms with Gasteiger partial charge >= 0.3 is 0 Å². The Hall–Kier alpha value is -2.11. The van der Waals surface area contributed by atoms with Crippen molar-refractivity contribution in [2.75, 3.05) is 0 Å². The molecule has 1 aromatic carbocycles. The van der Waals surface area contributed by atoms with Crippen LogP contribution < -0.4 is 5.73 Å². The minimum Gasteiger partial charge on any atom is -0.504 e. The van der Waals surface area contributed by atoms with Crippen LogP contribution >= 0.6 is 0 Å². The minimum absolute atomic E-state index is 0.0576. The highest BCUT2D eigenvalue weighted by Gasteiger charge is 2.13. The van der Waals surface area contributed by atoms with Crippen molar-refractivity contribution >= 4 is 5.84 Å². The molecule has 0 saturated carbocycles. The second-order valence-corrected chi connectivity index (χ2v) is 2.31. The number of amidine groups is 1. The topological polar surface area (TPSA) is 119 Å². The number of rotatable bonds is 1. The summed E-state index contributed by atoms with van der Waals surface area (Å²) in [7, 11) is 0. The van der Waals surface area contributed by atoms with Crippen molar-refractivity contribution < 1.29 is 20.5 Å². The van der Waals surface area contributed by atoms with E-state index in [0.29, 0.717) is 0 Å². The zero-order valence-corrected chi connectivity index (χ0v) is 6.47. The van der Waals surface area contributed by atoms with Gasteiger partial charge in [-0.15, -0.1) is 0 Å². The summed E-state index contributed by atoms with van der Waals surface area (Å²) >= 11 is 0. The van der Waals surface area contributed by atoms with Crippen LogP contribution in [0.5, 0.6) is 17.2 Å². The first-order chi connectivity index (χ1) is 6.07. The summed E-state index contributed by atoms with van der Waals surface area (Å²) in [5.41, 5.74) is 5.10. The number of phenolic OH excluding ortho intramolecular Hbond substituents is 3. The zero-order chi connectivity index (χ0) is 10.0. The second kappa shape index (κ2) is 3.10. The van der Waals surface area contributed by atoms with Gasteiger partial charge in [0.25, 0.3) is 0 Å². The Morgan fingerprint density at radius 2 is 1.77 bits per heavy atom. The first-order valence-corrected chi connectivity index (χ1v) is 3.29. The van der Waals surface area contributed by atoms with Crippen molar-refractivity contribution in [3.05, 3.63) is 17.7 Å². The number of nitrogens with zero attached hydrogens (tertiary/aromatic N) is 1. The maximum absolute atomic E-state index is 9.20. The molecule has 70 valence electrons. The summed E-state index contributed by atoms with van der Waals surface area (Å²) in [5.74, 6) is -2.17. The maximum atomic E-state index is 9.20. The summed E-state index contributed by atoms with van der Waals surface area (Å²) < 4.78 is 0. The Morgan fingerprint density at radius 3 is 2.31 bits per heavy atom. The number of hydrogen-bond acceptors (Lipinski definition) is 5. The molecule has 0 atom stereocenters. The molecule has 0 saturated heterocycles. The van der Waals surface area contributed by atoms with Crippen LogP contribution in [0.15, 0.2) is 17.3 Å². The lowest BCUT2D eigenvalue weighted by Gasteiger charge is -2.05. The monoisotopic (exact) mass is 184 g/mol. The Balaban J connectivity index is 3.34. The van der Waals surface area contributed by atoms with Crippen LogP contribution in [0.4, 0.5) is 0 Å². The molecular weight excluding hydrogens is 176 g/mol. The molecule has 0 aliphatic heterocycles. The molecule has 1 aromatic rings. The van der Waals surface area contributed by atoms with Gasteiger partial charge in [-0.25, -0.2) is 0 Å². The van der Waals surface area contributed by atoms with Crippen molar-refractivity contribution in [1.82, 2.24) is 0 Å². The van der Waals surface area contributed by atoms with Crippen molar-refractivity contribution in [2.24, 2.45) is 10.9 Å². The van der Waals surface area contributed by atoms with Crippen molar-refractivity contribution in [2.45, 2.75) is 0 Å². The molecule has 0 aliphatic carbocycles. The first kappa shape index (κ1) is 8.98. The highest BCUT2D eigenvalue weighted by molar-refractivity contribution is 6.00. The maximum Gasteiger partial charge on any atom is 0.201 e. The van der Waals surface area contributed by atoms with E-state index in [4.69, 9.17) is 21.2 Å². The first-order valence-electron chi connectivity index (χ1n) is 3.29. The van der Waals surface area contributed by atoms with Gasteiger partial charge < -0.3 is 26.3 Å². The van der Waals surface area contributed by atoms with Gasteiger partial charge in [0.05, 0.1) is 5.56 Å². The van der Waals surface area contributed by atoms with Crippen LogP contribution in [0, 0.1) is 0 Å². The molecule has 1 rings (SSSR count). The van der Waals surface area contributed by atoms with E-state index in [1.54, 1.807) is 0 Å². The van der Waals surface area contributed by atoms with E-state index >= 15 is 0 Å². The molecule has 0 unspecified atom stereocenters. The molecule has 0 spiro atoms. The molecule has 13 heavy (non-hydrogen) atoms. The second-order valence-electron chi connectivity index (χ2n) is 2.31. The van der Waals surface area contributed by atoms with Gasteiger partial charge in [0.15, 0.2) is 17.3 Å². The van der Waals surface area contributed by atoms with E-state index in [9.17, 15) is 5.11 Å². The predicted molar refractivity (Wildman–Crippen MR) is 43.9 cm³/mol. The molecule has 0 radical (unpaired) electrons. The molecule has 6 nitrogen and oxygen atoms in total. The molecule has 0 heterocycles. The quantitative estimate of drug-likeness (QED) is 0.137. The van der Waals surface area contributed by atoms with E-state index in [2.05, 4.69) is 5.16 Å². The van der Waals surface area contributed by atoms with Gasteiger partial charge in [-0.3, -0.25) is 0 Å². The highest BCUT2D eigenvalue weighted by atomic mass is 16.4. The van der Waals surface area contributed by atoms with E-state index in [0.717, 1.165) is 6.07 Å². The molecule has 0 bridgehead atoms. The molecule has 6 N–H and O–H groups in total. The fourth-order valence-electron chi connectivity index (χ4n) is 0.830. The zero-order valence-electron chi connectivity index (χ0n) is 6.47. The summed E-state index contributed by atoms with van der Waals surface area (Å²) in [5, 5.41) is 38.1. The molecule has 0 amide bonds. The standard InChI is InChI=1S/C7H8N2O4/c8-7(9-13)3-1-2-4(10)6(12)5(3)11/h1-2,10-13H,(H2,8,9). The van der Waals surface area contributed by atoms with Crippen LogP contribution in [0.1, 0.15) is 5.56 Å². The van der Waals surface area contributed by atoms with Crippen LogP contribution in [0.25, 0.3) is 0 Å². The number of oxime groups is 1. The number of phenols is 3. The number of nitrogens with two attached hydrogens (primary N) is 1. The number of benzene rings is 1. The van der Waals surface area contributed by atoms with Gasteiger partial charge in [-0.1, -0.05) is 5.16 Å². The van der Waals surface area contributed by atoms with Gasteiger partial charge in [0, 0.05) is 0 Å². The molecule has 0 fully saturated rings. The molecular formula is C7H8N2O4. The fourth-order valence-corrected chi connectivity index (χ4v) is 0.830.